The predicted molar refractivity (Wildman–Crippen MR) is 73.7 cm³/mol. The largest absolute Gasteiger partial charge is 0.343 e. The number of rotatable bonds is 2. The van der Waals surface area contributed by atoms with Crippen molar-refractivity contribution in [1.82, 2.24) is 9.97 Å². The van der Waals surface area contributed by atoms with E-state index in [0.717, 1.165) is 23.2 Å². The van der Waals surface area contributed by atoms with Crippen molar-refractivity contribution in [3.05, 3.63) is 45.5 Å². The molecule has 0 aliphatic rings. The van der Waals surface area contributed by atoms with E-state index in [4.69, 9.17) is 12.2 Å². The number of aromatic amines is 1. The Balaban J connectivity index is 2.58. The summed E-state index contributed by atoms with van der Waals surface area (Å²) in [5, 5.41) is 0. The molecule has 0 aliphatic heterocycles. The van der Waals surface area contributed by atoms with Crippen LogP contribution < -0.4 is 0 Å². The molecule has 0 spiro atoms. The van der Waals surface area contributed by atoms with Crippen molar-refractivity contribution in [3.8, 4) is 11.4 Å². The Bertz CT molecular complexity index is 647. The van der Waals surface area contributed by atoms with Crippen LogP contribution in [0.25, 0.3) is 11.4 Å². The third-order valence-corrected chi connectivity index (χ3v) is 3.37. The van der Waals surface area contributed by atoms with Crippen molar-refractivity contribution in [2.45, 2.75) is 27.2 Å². The number of H-pyrrole nitrogens is 1. The molecular weight excluding hydrogens is 247 g/mol. The highest BCUT2D eigenvalue weighted by molar-refractivity contribution is 7.71. The van der Waals surface area contributed by atoms with Crippen molar-refractivity contribution < 1.29 is 4.39 Å². The molecule has 0 saturated carbocycles. The summed E-state index contributed by atoms with van der Waals surface area (Å²) >= 11 is 5.26. The number of halogens is 1. The Labute approximate surface area is 111 Å². The van der Waals surface area contributed by atoms with Gasteiger partial charge in [0.2, 0.25) is 0 Å². The Morgan fingerprint density at radius 1 is 1.33 bits per heavy atom. The Morgan fingerprint density at radius 3 is 2.61 bits per heavy atom. The molecular formula is C14H15FN2S. The van der Waals surface area contributed by atoms with E-state index in [1.165, 1.54) is 6.07 Å². The molecule has 4 heteroatoms. The van der Waals surface area contributed by atoms with Crippen LogP contribution in [-0.4, -0.2) is 9.97 Å². The van der Waals surface area contributed by atoms with Gasteiger partial charge in [0.1, 0.15) is 16.3 Å². The van der Waals surface area contributed by atoms with Crippen LogP contribution in [0.1, 0.15) is 23.7 Å². The number of aromatic nitrogens is 2. The van der Waals surface area contributed by atoms with E-state index < -0.39 is 0 Å². The van der Waals surface area contributed by atoms with Gasteiger partial charge in [-0.2, -0.15) is 0 Å². The van der Waals surface area contributed by atoms with Crippen LogP contribution in [0.4, 0.5) is 4.39 Å². The smallest absolute Gasteiger partial charge is 0.139 e. The second-order valence-electron chi connectivity index (χ2n) is 4.31. The standard InChI is InChI=1S/C14H15FN2S/c1-4-11-9(3)16-13(17-14(11)18)10-6-5-8(2)12(15)7-10/h5-7H,4H2,1-3H3,(H,16,17,18). The monoisotopic (exact) mass is 262 g/mol. The molecule has 94 valence electrons. The molecule has 1 aromatic heterocycles. The molecule has 0 fully saturated rings. The van der Waals surface area contributed by atoms with Gasteiger partial charge >= 0.3 is 0 Å². The number of hydrogen-bond acceptors (Lipinski definition) is 2. The normalized spacial score (nSPS) is 10.7. The first kappa shape index (κ1) is 12.9. The quantitative estimate of drug-likeness (QED) is 0.825. The van der Waals surface area contributed by atoms with Crippen LogP contribution in [-0.2, 0) is 6.42 Å². The molecule has 2 rings (SSSR count). The summed E-state index contributed by atoms with van der Waals surface area (Å²) < 4.78 is 14.1. The molecule has 0 unspecified atom stereocenters. The summed E-state index contributed by atoms with van der Waals surface area (Å²) in [6.45, 7) is 5.74. The van der Waals surface area contributed by atoms with E-state index in [-0.39, 0.29) is 5.82 Å². The summed E-state index contributed by atoms with van der Waals surface area (Å²) in [5.74, 6) is 0.388. The zero-order valence-corrected chi connectivity index (χ0v) is 11.5. The van der Waals surface area contributed by atoms with Crippen LogP contribution in [0, 0.1) is 24.3 Å². The minimum absolute atomic E-state index is 0.231. The second kappa shape index (κ2) is 4.98. The number of nitrogens with one attached hydrogen (secondary N) is 1. The highest BCUT2D eigenvalue weighted by Crippen LogP contribution is 2.20. The van der Waals surface area contributed by atoms with Crippen molar-refractivity contribution in [3.63, 3.8) is 0 Å². The molecule has 0 atom stereocenters. The molecule has 1 N–H and O–H groups in total. The topological polar surface area (TPSA) is 28.7 Å². The molecule has 1 heterocycles. The first-order valence-corrected chi connectivity index (χ1v) is 6.30. The SMILES string of the molecule is CCc1c(C)[nH]c(-c2ccc(C)c(F)c2)nc1=S. The van der Waals surface area contributed by atoms with Crippen LogP contribution in [0.15, 0.2) is 18.2 Å². The third kappa shape index (κ3) is 2.34. The van der Waals surface area contributed by atoms with Crippen LogP contribution >= 0.6 is 12.2 Å². The van der Waals surface area contributed by atoms with Crippen LogP contribution in [0.3, 0.4) is 0 Å². The summed E-state index contributed by atoms with van der Waals surface area (Å²) in [6, 6.07) is 5.07. The second-order valence-corrected chi connectivity index (χ2v) is 4.70. The summed E-state index contributed by atoms with van der Waals surface area (Å²) in [4.78, 5) is 7.52. The molecule has 0 radical (unpaired) electrons. The van der Waals surface area contributed by atoms with Gasteiger partial charge in [-0.1, -0.05) is 31.3 Å². The van der Waals surface area contributed by atoms with E-state index in [1.54, 1.807) is 13.0 Å². The fourth-order valence-corrected chi connectivity index (χ4v) is 2.29. The lowest BCUT2D eigenvalue weighted by atomic mass is 10.1. The van der Waals surface area contributed by atoms with Gasteiger partial charge in [-0.15, -0.1) is 0 Å². The highest BCUT2D eigenvalue weighted by Gasteiger charge is 2.07. The molecule has 0 bridgehead atoms. The van der Waals surface area contributed by atoms with Crippen LogP contribution in [0.5, 0.6) is 0 Å². The van der Waals surface area contributed by atoms with Crippen molar-refractivity contribution in [2.75, 3.05) is 0 Å². The van der Waals surface area contributed by atoms with E-state index >= 15 is 0 Å². The molecule has 0 saturated heterocycles. The average molecular weight is 262 g/mol. The van der Waals surface area contributed by atoms with Gasteiger partial charge in [0.25, 0.3) is 0 Å². The summed E-state index contributed by atoms with van der Waals surface area (Å²) in [7, 11) is 0. The van der Waals surface area contributed by atoms with Crippen molar-refractivity contribution in [1.29, 1.82) is 0 Å². The van der Waals surface area contributed by atoms with E-state index in [0.29, 0.717) is 16.0 Å². The Morgan fingerprint density at radius 2 is 2.06 bits per heavy atom. The molecule has 2 nitrogen and oxygen atoms in total. The molecule has 0 aliphatic carbocycles. The lowest BCUT2D eigenvalue weighted by Crippen LogP contribution is -1.99. The first-order valence-electron chi connectivity index (χ1n) is 5.89. The van der Waals surface area contributed by atoms with Gasteiger partial charge in [-0.3, -0.25) is 0 Å². The first-order chi connectivity index (χ1) is 8.52. The Kier molecular flexibility index (Phi) is 3.57. The number of nitrogens with zero attached hydrogens (tertiary/aromatic N) is 1. The van der Waals surface area contributed by atoms with Gasteiger partial charge in [0, 0.05) is 16.8 Å². The number of aryl methyl sites for hydroxylation is 2. The van der Waals surface area contributed by atoms with E-state index in [9.17, 15) is 4.39 Å². The van der Waals surface area contributed by atoms with Gasteiger partial charge in [-0.25, -0.2) is 9.37 Å². The van der Waals surface area contributed by atoms with Crippen molar-refractivity contribution in [2.24, 2.45) is 0 Å². The minimum atomic E-state index is -0.231. The van der Waals surface area contributed by atoms with Gasteiger partial charge in [0.05, 0.1) is 0 Å². The summed E-state index contributed by atoms with van der Waals surface area (Å²) in [6.07, 6.45) is 0.844. The molecule has 2 aromatic rings. The predicted octanol–water partition coefficient (Wildman–Crippen LogP) is 4.12. The fraction of sp³-hybridized carbons (Fsp3) is 0.286. The maximum Gasteiger partial charge on any atom is 0.139 e. The lowest BCUT2D eigenvalue weighted by Gasteiger charge is -2.08. The van der Waals surface area contributed by atoms with Crippen LogP contribution in [0.2, 0.25) is 0 Å². The Hall–Kier alpha value is -1.55. The molecule has 0 amide bonds. The highest BCUT2D eigenvalue weighted by atomic mass is 32.1. The molecule has 1 aromatic carbocycles. The molecule has 18 heavy (non-hydrogen) atoms. The average Bonchev–Trinajstić information content (AvgIpc) is 2.32. The number of benzene rings is 1. The maximum absolute atomic E-state index is 13.5. The van der Waals surface area contributed by atoms with E-state index in [2.05, 4.69) is 9.97 Å². The fourth-order valence-electron chi connectivity index (χ4n) is 1.90. The summed E-state index contributed by atoms with van der Waals surface area (Å²) in [5.41, 5.74) is 3.38. The minimum Gasteiger partial charge on any atom is -0.343 e. The van der Waals surface area contributed by atoms with Gasteiger partial charge < -0.3 is 4.98 Å². The maximum atomic E-state index is 13.5. The van der Waals surface area contributed by atoms with E-state index in [1.807, 2.05) is 19.9 Å². The zero-order chi connectivity index (χ0) is 13.3. The lowest BCUT2D eigenvalue weighted by molar-refractivity contribution is 0.619. The van der Waals surface area contributed by atoms with Gasteiger partial charge in [-0.05, 0) is 31.9 Å². The zero-order valence-electron chi connectivity index (χ0n) is 10.7. The number of hydrogen-bond donors (Lipinski definition) is 1. The van der Waals surface area contributed by atoms with Crippen molar-refractivity contribution >= 4 is 12.2 Å². The van der Waals surface area contributed by atoms with Gasteiger partial charge in [0.15, 0.2) is 0 Å². The third-order valence-electron chi connectivity index (χ3n) is 3.03.